The Bertz CT molecular complexity index is 772. The predicted octanol–water partition coefficient (Wildman–Crippen LogP) is 2.46. The number of ether oxygens (including phenoxy) is 1. The molecule has 7 nitrogen and oxygen atoms in total. The lowest BCUT2D eigenvalue weighted by molar-refractivity contribution is 0.102. The van der Waals surface area contributed by atoms with Crippen LogP contribution in [0.1, 0.15) is 48.7 Å². The highest BCUT2D eigenvalue weighted by Gasteiger charge is 2.34. The number of pyridine rings is 1. The number of hydrogen-bond acceptors (Lipinski definition) is 5. The molecular weight excluding hydrogens is 298 g/mol. The first-order chi connectivity index (χ1) is 11.0. The molecule has 1 aliphatic carbocycles. The van der Waals surface area contributed by atoms with Crippen molar-refractivity contribution in [2.45, 2.75) is 38.0 Å². The van der Waals surface area contributed by atoms with Crippen molar-refractivity contribution in [1.29, 1.82) is 0 Å². The van der Waals surface area contributed by atoms with Gasteiger partial charge >= 0.3 is 0 Å². The van der Waals surface area contributed by atoms with Gasteiger partial charge in [0.1, 0.15) is 11.5 Å². The van der Waals surface area contributed by atoms with Crippen LogP contribution in [0, 0.1) is 0 Å². The second kappa shape index (κ2) is 5.91. The molecule has 0 bridgehead atoms. The number of carbonyl (C=O) groups is 1. The Morgan fingerprint density at radius 1 is 1.39 bits per heavy atom. The Morgan fingerprint density at radius 2 is 2.13 bits per heavy atom. The van der Waals surface area contributed by atoms with Crippen LogP contribution >= 0.6 is 0 Å². The van der Waals surface area contributed by atoms with Gasteiger partial charge in [0, 0.05) is 23.7 Å². The Kier molecular flexibility index (Phi) is 3.94. The molecule has 122 valence electrons. The van der Waals surface area contributed by atoms with Crippen molar-refractivity contribution in [3.05, 3.63) is 40.0 Å². The summed E-state index contributed by atoms with van der Waals surface area (Å²) in [6.45, 7) is 2.15. The fourth-order valence-corrected chi connectivity index (χ4v) is 3.00. The molecule has 2 aromatic heterocycles. The number of rotatable bonds is 4. The van der Waals surface area contributed by atoms with Crippen molar-refractivity contribution in [3.63, 3.8) is 0 Å². The van der Waals surface area contributed by atoms with Gasteiger partial charge in [-0.15, -0.1) is 0 Å². The molecule has 0 spiro atoms. The fourth-order valence-electron chi connectivity index (χ4n) is 3.00. The van der Waals surface area contributed by atoms with Crippen molar-refractivity contribution in [2.75, 3.05) is 12.4 Å². The van der Waals surface area contributed by atoms with E-state index < -0.39 is 5.91 Å². The second-order valence-corrected chi connectivity index (χ2v) is 6.08. The van der Waals surface area contributed by atoms with Crippen molar-refractivity contribution >= 4 is 11.7 Å². The zero-order chi connectivity index (χ0) is 16.4. The topological polar surface area (TPSA) is 97.2 Å². The van der Waals surface area contributed by atoms with Crippen LogP contribution in [0.25, 0.3) is 0 Å². The zero-order valence-corrected chi connectivity index (χ0v) is 13.1. The third-order valence-electron chi connectivity index (χ3n) is 4.40. The van der Waals surface area contributed by atoms with E-state index in [9.17, 15) is 9.59 Å². The van der Waals surface area contributed by atoms with Crippen molar-refractivity contribution in [2.24, 2.45) is 0 Å². The van der Waals surface area contributed by atoms with Gasteiger partial charge in [-0.1, -0.05) is 24.9 Å². The summed E-state index contributed by atoms with van der Waals surface area (Å²) < 4.78 is 10.5. The van der Waals surface area contributed by atoms with Gasteiger partial charge in [0.2, 0.25) is 0 Å². The molecule has 1 fully saturated rings. The molecule has 7 heteroatoms. The van der Waals surface area contributed by atoms with E-state index in [1.807, 2.05) is 0 Å². The summed E-state index contributed by atoms with van der Waals surface area (Å²) in [6.07, 6.45) is 5.78. The minimum Gasteiger partial charge on any atom is -0.496 e. The zero-order valence-electron chi connectivity index (χ0n) is 13.1. The minimum absolute atomic E-state index is 0.00828. The quantitative estimate of drug-likeness (QED) is 0.902. The maximum Gasteiger partial charge on any atom is 0.262 e. The third kappa shape index (κ3) is 2.99. The van der Waals surface area contributed by atoms with Crippen molar-refractivity contribution in [3.8, 4) is 5.75 Å². The number of hydrogen-bond donors (Lipinski definition) is 2. The van der Waals surface area contributed by atoms with Gasteiger partial charge in [-0.25, -0.2) is 0 Å². The number of methoxy groups -OCH3 is 1. The van der Waals surface area contributed by atoms with E-state index in [4.69, 9.17) is 9.26 Å². The third-order valence-corrected chi connectivity index (χ3v) is 4.40. The fraction of sp³-hybridized carbons (Fsp3) is 0.438. The van der Waals surface area contributed by atoms with Crippen LogP contribution in [0.2, 0.25) is 0 Å². The lowest BCUT2D eigenvalue weighted by atomic mass is 9.86. The summed E-state index contributed by atoms with van der Waals surface area (Å²) in [6, 6.07) is 2.99. The average molecular weight is 317 g/mol. The molecule has 1 saturated carbocycles. The highest BCUT2D eigenvalue weighted by molar-refractivity contribution is 6.05. The summed E-state index contributed by atoms with van der Waals surface area (Å²) in [5, 5.41) is 6.59. The van der Waals surface area contributed by atoms with Gasteiger partial charge < -0.3 is 19.6 Å². The molecule has 0 aromatic carbocycles. The number of anilines is 1. The summed E-state index contributed by atoms with van der Waals surface area (Å²) in [4.78, 5) is 26.1. The van der Waals surface area contributed by atoms with E-state index in [1.165, 1.54) is 32.2 Å². The largest absolute Gasteiger partial charge is 0.496 e. The van der Waals surface area contributed by atoms with Gasteiger partial charge in [0.05, 0.1) is 12.7 Å². The van der Waals surface area contributed by atoms with Crippen molar-refractivity contribution in [1.82, 2.24) is 10.1 Å². The standard InChI is InChI=1S/C16H19N3O4/c1-16(5-3-4-6-16)12-8-13(19-23-12)18-15(21)10-9-17-14(20)7-11(10)22-2/h7-9H,3-6H2,1-2H3,(H,17,20)(H,18,19,21). The number of carbonyl (C=O) groups excluding carboxylic acids is 1. The molecule has 0 radical (unpaired) electrons. The monoisotopic (exact) mass is 317 g/mol. The Morgan fingerprint density at radius 3 is 2.83 bits per heavy atom. The lowest BCUT2D eigenvalue weighted by Crippen LogP contribution is -2.17. The summed E-state index contributed by atoms with van der Waals surface area (Å²) >= 11 is 0. The number of H-pyrrole nitrogens is 1. The molecule has 0 saturated heterocycles. The maximum absolute atomic E-state index is 12.3. The number of nitrogens with zero attached hydrogens (tertiary/aromatic N) is 1. The molecular formula is C16H19N3O4. The number of aromatic amines is 1. The predicted molar refractivity (Wildman–Crippen MR) is 83.9 cm³/mol. The van der Waals surface area contributed by atoms with Crippen LogP contribution in [-0.4, -0.2) is 23.2 Å². The summed E-state index contributed by atoms with van der Waals surface area (Å²) in [5.74, 6) is 0.928. The summed E-state index contributed by atoms with van der Waals surface area (Å²) in [7, 11) is 1.40. The average Bonchev–Trinajstić information content (AvgIpc) is 3.17. The Balaban J connectivity index is 1.79. The normalized spacial score (nSPS) is 16.3. The first-order valence-electron chi connectivity index (χ1n) is 7.57. The Hall–Kier alpha value is -2.57. The minimum atomic E-state index is -0.422. The molecule has 0 unspecified atom stereocenters. The van der Waals surface area contributed by atoms with E-state index in [0.717, 1.165) is 18.6 Å². The van der Waals surface area contributed by atoms with Gasteiger partial charge in [-0.05, 0) is 12.8 Å². The highest BCUT2D eigenvalue weighted by Crippen LogP contribution is 2.41. The van der Waals surface area contributed by atoms with Crippen LogP contribution in [0.3, 0.4) is 0 Å². The molecule has 2 N–H and O–H groups in total. The van der Waals surface area contributed by atoms with Crippen LogP contribution < -0.4 is 15.6 Å². The molecule has 0 aliphatic heterocycles. The van der Waals surface area contributed by atoms with Crippen LogP contribution in [0.15, 0.2) is 27.6 Å². The van der Waals surface area contributed by atoms with Gasteiger partial charge in [-0.2, -0.15) is 0 Å². The molecule has 1 aliphatic rings. The van der Waals surface area contributed by atoms with Gasteiger partial charge in [-0.3, -0.25) is 9.59 Å². The van der Waals surface area contributed by atoms with E-state index in [0.29, 0.717) is 5.82 Å². The lowest BCUT2D eigenvalue weighted by Gasteiger charge is -2.18. The van der Waals surface area contributed by atoms with Crippen LogP contribution in [0.4, 0.5) is 5.82 Å². The van der Waals surface area contributed by atoms with E-state index >= 15 is 0 Å². The van der Waals surface area contributed by atoms with E-state index in [1.54, 1.807) is 6.07 Å². The van der Waals surface area contributed by atoms with Crippen molar-refractivity contribution < 1.29 is 14.1 Å². The van der Waals surface area contributed by atoms with Gasteiger partial charge in [0.25, 0.3) is 11.5 Å². The SMILES string of the molecule is COc1cc(=O)[nH]cc1C(=O)Nc1cc(C2(C)CCCC2)on1. The molecule has 23 heavy (non-hydrogen) atoms. The maximum atomic E-state index is 12.3. The van der Waals surface area contributed by atoms with Gasteiger partial charge in [0.15, 0.2) is 5.82 Å². The molecule has 0 atom stereocenters. The second-order valence-electron chi connectivity index (χ2n) is 6.08. The van der Waals surface area contributed by atoms with Crippen LogP contribution in [0.5, 0.6) is 5.75 Å². The molecule has 2 aromatic rings. The molecule has 2 heterocycles. The summed E-state index contributed by atoms with van der Waals surface area (Å²) in [5.41, 5.74) is -0.119. The smallest absolute Gasteiger partial charge is 0.262 e. The molecule has 3 rings (SSSR count). The van der Waals surface area contributed by atoms with Crippen LogP contribution in [-0.2, 0) is 5.41 Å². The Labute approximate surface area is 133 Å². The number of aromatic nitrogens is 2. The molecule has 1 amide bonds. The first kappa shape index (κ1) is 15.3. The van der Waals surface area contributed by atoms with E-state index in [-0.39, 0.29) is 22.3 Å². The first-order valence-corrected chi connectivity index (χ1v) is 7.57. The highest BCUT2D eigenvalue weighted by atomic mass is 16.5. The number of nitrogens with one attached hydrogen (secondary N) is 2. The van der Waals surface area contributed by atoms with E-state index in [2.05, 4.69) is 22.4 Å². The number of amides is 1.